The maximum atomic E-state index is 13.3. The van der Waals surface area contributed by atoms with E-state index < -0.39 is 15.8 Å². The first-order valence-electron chi connectivity index (χ1n) is 7.98. The first-order valence-corrected chi connectivity index (χ1v) is 10.3. The third-order valence-electron chi connectivity index (χ3n) is 4.37. The quantitative estimate of drug-likeness (QED) is 0.883. The van der Waals surface area contributed by atoms with Crippen molar-refractivity contribution in [3.63, 3.8) is 0 Å². The second-order valence-electron chi connectivity index (χ2n) is 6.06. The highest BCUT2D eigenvalue weighted by molar-refractivity contribution is 7.91. The molecule has 1 amide bonds. The molecule has 2 heterocycles. The molecule has 25 heavy (non-hydrogen) atoms. The summed E-state index contributed by atoms with van der Waals surface area (Å²) in [5.74, 6) is -0.878. The van der Waals surface area contributed by atoms with Gasteiger partial charge in [-0.1, -0.05) is 12.1 Å². The third kappa shape index (κ3) is 3.91. The summed E-state index contributed by atoms with van der Waals surface area (Å²) >= 11 is 1.19. The monoisotopic (exact) mass is 382 g/mol. The fourth-order valence-corrected chi connectivity index (χ4v) is 5.47. The Morgan fingerprint density at radius 2 is 2.00 bits per heavy atom. The molecule has 0 unspecified atom stereocenters. The molecular weight excluding hydrogens is 363 g/mol. The lowest BCUT2D eigenvalue weighted by molar-refractivity contribution is -0.120. The number of hydrogen-bond donors (Lipinski definition) is 1. The molecule has 1 aliphatic rings. The van der Waals surface area contributed by atoms with Crippen LogP contribution in [0.15, 0.2) is 39.9 Å². The van der Waals surface area contributed by atoms with Crippen LogP contribution in [-0.2, 0) is 14.8 Å². The van der Waals surface area contributed by atoms with E-state index in [0.29, 0.717) is 35.8 Å². The molecule has 3 rings (SSSR count). The van der Waals surface area contributed by atoms with Crippen molar-refractivity contribution in [3.05, 3.63) is 47.1 Å². The van der Waals surface area contributed by atoms with Crippen molar-refractivity contribution < 1.29 is 17.6 Å². The van der Waals surface area contributed by atoms with Crippen LogP contribution in [-0.4, -0.2) is 31.7 Å². The lowest BCUT2D eigenvalue weighted by Crippen LogP contribution is -2.41. The lowest BCUT2D eigenvalue weighted by Gasteiger charge is -2.30. The van der Waals surface area contributed by atoms with E-state index in [1.54, 1.807) is 30.5 Å². The number of nitrogens with zero attached hydrogens (tertiary/aromatic N) is 1. The molecule has 0 bridgehead atoms. The van der Waals surface area contributed by atoms with E-state index in [0.717, 1.165) is 5.56 Å². The molecule has 8 heteroatoms. The van der Waals surface area contributed by atoms with Gasteiger partial charge in [-0.05, 0) is 48.9 Å². The summed E-state index contributed by atoms with van der Waals surface area (Å²) < 4.78 is 40.1. The Balaban J connectivity index is 1.62. The molecule has 0 saturated carbocycles. The lowest BCUT2D eigenvalue weighted by atomic mass is 9.97. The minimum atomic E-state index is -3.47. The number of amides is 1. The Morgan fingerprint density at radius 3 is 2.64 bits per heavy atom. The zero-order valence-corrected chi connectivity index (χ0v) is 15.4. The normalized spacial score (nSPS) is 16.7. The predicted molar refractivity (Wildman–Crippen MR) is 95.6 cm³/mol. The highest BCUT2D eigenvalue weighted by Crippen LogP contribution is 2.27. The maximum Gasteiger partial charge on any atom is 0.252 e. The largest absolute Gasteiger partial charge is 0.326 e. The van der Waals surface area contributed by atoms with Crippen LogP contribution in [0.25, 0.3) is 0 Å². The van der Waals surface area contributed by atoms with E-state index in [9.17, 15) is 17.6 Å². The van der Waals surface area contributed by atoms with Crippen LogP contribution in [0.4, 0.5) is 10.1 Å². The van der Waals surface area contributed by atoms with Gasteiger partial charge in [-0.3, -0.25) is 4.79 Å². The zero-order chi connectivity index (χ0) is 18.0. The van der Waals surface area contributed by atoms with Crippen LogP contribution >= 0.6 is 11.3 Å². The SMILES string of the molecule is Cc1ccc(F)cc1NC(=O)C1CCN(S(=O)(=O)c2cccs2)CC1. The number of aryl methyl sites for hydroxylation is 1. The minimum Gasteiger partial charge on any atom is -0.326 e. The molecule has 0 spiro atoms. The van der Waals surface area contributed by atoms with Gasteiger partial charge in [-0.25, -0.2) is 12.8 Å². The number of benzene rings is 1. The molecule has 1 N–H and O–H groups in total. The topological polar surface area (TPSA) is 66.5 Å². The first kappa shape index (κ1) is 18.0. The number of sulfonamides is 1. The minimum absolute atomic E-state index is 0.193. The van der Waals surface area contributed by atoms with E-state index in [2.05, 4.69) is 5.32 Å². The number of halogens is 1. The number of hydrogen-bond acceptors (Lipinski definition) is 4. The molecule has 1 aromatic heterocycles. The maximum absolute atomic E-state index is 13.3. The summed E-state index contributed by atoms with van der Waals surface area (Å²) in [4.78, 5) is 12.4. The van der Waals surface area contributed by atoms with Gasteiger partial charge in [0.25, 0.3) is 10.0 Å². The number of thiophene rings is 1. The van der Waals surface area contributed by atoms with Gasteiger partial charge < -0.3 is 5.32 Å². The standard InChI is InChI=1S/C17H19FN2O3S2/c1-12-4-5-14(18)11-15(12)19-17(21)13-6-8-20(9-7-13)25(22,23)16-3-2-10-24-16/h2-5,10-11,13H,6-9H2,1H3,(H,19,21). The number of nitrogens with one attached hydrogen (secondary N) is 1. The van der Waals surface area contributed by atoms with E-state index >= 15 is 0 Å². The van der Waals surface area contributed by atoms with Crippen LogP contribution in [0.5, 0.6) is 0 Å². The molecule has 134 valence electrons. The molecule has 2 aromatic rings. The number of anilines is 1. The number of rotatable bonds is 4. The number of carbonyl (C=O) groups excluding carboxylic acids is 1. The first-order chi connectivity index (χ1) is 11.9. The fourth-order valence-electron chi connectivity index (χ4n) is 2.86. The van der Waals surface area contributed by atoms with Gasteiger partial charge in [0, 0.05) is 24.7 Å². The van der Waals surface area contributed by atoms with Crippen molar-refractivity contribution in [2.45, 2.75) is 24.0 Å². The molecular formula is C17H19FN2O3S2. The Bertz CT molecular complexity index is 858. The van der Waals surface area contributed by atoms with Crippen molar-refractivity contribution in [1.29, 1.82) is 0 Å². The molecule has 0 atom stereocenters. The summed E-state index contributed by atoms with van der Waals surface area (Å²) in [5.41, 5.74) is 1.24. The van der Waals surface area contributed by atoms with Gasteiger partial charge in [0.2, 0.25) is 5.91 Å². The second kappa shape index (κ2) is 7.23. The van der Waals surface area contributed by atoms with Crippen LogP contribution < -0.4 is 5.32 Å². The summed E-state index contributed by atoms with van der Waals surface area (Å²) in [5, 5.41) is 4.49. The van der Waals surface area contributed by atoms with Crippen molar-refractivity contribution >= 4 is 33.0 Å². The van der Waals surface area contributed by atoms with Crippen molar-refractivity contribution in [2.75, 3.05) is 18.4 Å². The van der Waals surface area contributed by atoms with Crippen molar-refractivity contribution in [2.24, 2.45) is 5.92 Å². The molecule has 1 aromatic carbocycles. The molecule has 0 radical (unpaired) electrons. The van der Waals surface area contributed by atoms with Gasteiger partial charge in [-0.15, -0.1) is 11.3 Å². The van der Waals surface area contributed by atoms with E-state index in [1.165, 1.54) is 27.8 Å². The Kier molecular flexibility index (Phi) is 5.21. The van der Waals surface area contributed by atoms with Gasteiger partial charge in [0.1, 0.15) is 10.0 Å². The van der Waals surface area contributed by atoms with Crippen LogP contribution in [0.1, 0.15) is 18.4 Å². The number of piperidine rings is 1. The highest BCUT2D eigenvalue weighted by atomic mass is 32.2. The molecule has 1 fully saturated rings. The summed E-state index contributed by atoms with van der Waals surface area (Å²) in [6.45, 7) is 2.41. The van der Waals surface area contributed by atoms with Gasteiger partial charge >= 0.3 is 0 Å². The Labute approximate surface area is 150 Å². The average molecular weight is 382 g/mol. The third-order valence-corrected chi connectivity index (χ3v) is 7.64. The van der Waals surface area contributed by atoms with Crippen LogP contribution in [0, 0.1) is 18.7 Å². The number of carbonyl (C=O) groups is 1. The van der Waals surface area contributed by atoms with E-state index in [1.807, 2.05) is 0 Å². The molecule has 1 saturated heterocycles. The van der Waals surface area contributed by atoms with Crippen LogP contribution in [0.2, 0.25) is 0 Å². The van der Waals surface area contributed by atoms with E-state index in [-0.39, 0.29) is 11.8 Å². The molecule has 1 aliphatic heterocycles. The molecule has 5 nitrogen and oxygen atoms in total. The van der Waals surface area contributed by atoms with Crippen molar-refractivity contribution in [1.82, 2.24) is 4.31 Å². The highest BCUT2D eigenvalue weighted by Gasteiger charge is 2.32. The van der Waals surface area contributed by atoms with Crippen LogP contribution in [0.3, 0.4) is 0 Å². The predicted octanol–water partition coefficient (Wildman–Crippen LogP) is 3.24. The summed E-state index contributed by atoms with van der Waals surface area (Å²) in [6.07, 6.45) is 0.898. The second-order valence-corrected chi connectivity index (χ2v) is 9.17. The van der Waals surface area contributed by atoms with Crippen molar-refractivity contribution in [3.8, 4) is 0 Å². The fraction of sp³-hybridized carbons (Fsp3) is 0.353. The summed E-state index contributed by atoms with van der Waals surface area (Å²) in [7, 11) is -3.47. The Morgan fingerprint density at radius 1 is 1.28 bits per heavy atom. The van der Waals surface area contributed by atoms with Gasteiger partial charge in [0.15, 0.2) is 0 Å². The van der Waals surface area contributed by atoms with Gasteiger partial charge in [0.05, 0.1) is 0 Å². The van der Waals surface area contributed by atoms with E-state index in [4.69, 9.17) is 0 Å². The zero-order valence-electron chi connectivity index (χ0n) is 13.7. The summed E-state index contributed by atoms with van der Waals surface area (Å²) in [6, 6.07) is 7.55. The van der Waals surface area contributed by atoms with Gasteiger partial charge in [-0.2, -0.15) is 4.31 Å². The smallest absolute Gasteiger partial charge is 0.252 e. The molecule has 0 aliphatic carbocycles. The average Bonchev–Trinajstić information content (AvgIpc) is 3.13. The Hall–Kier alpha value is -1.77.